The van der Waals surface area contributed by atoms with Gasteiger partial charge in [-0.3, -0.25) is 0 Å². The summed E-state index contributed by atoms with van der Waals surface area (Å²) in [6.45, 7) is 7.49. The lowest BCUT2D eigenvalue weighted by atomic mass is 10.1. The maximum absolute atomic E-state index is 5.62. The van der Waals surface area contributed by atoms with Gasteiger partial charge >= 0.3 is 0 Å². The highest BCUT2D eigenvalue weighted by Gasteiger charge is 2.07. The zero-order valence-corrected chi connectivity index (χ0v) is 12.0. The number of ether oxygens (including phenoxy) is 2. The van der Waals surface area contributed by atoms with Crippen molar-refractivity contribution in [1.82, 2.24) is 5.32 Å². The minimum Gasteiger partial charge on any atom is -0.490 e. The lowest BCUT2D eigenvalue weighted by Gasteiger charge is -2.14. The Hall–Kier alpha value is -1.22. The molecule has 1 N–H and O–H groups in total. The molecule has 18 heavy (non-hydrogen) atoms. The Morgan fingerprint density at radius 3 is 2.39 bits per heavy atom. The van der Waals surface area contributed by atoms with Crippen molar-refractivity contribution in [2.24, 2.45) is 0 Å². The average molecular weight is 251 g/mol. The van der Waals surface area contributed by atoms with Crippen LogP contribution in [0.2, 0.25) is 0 Å². The first-order valence-electron chi connectivity index (χ1n) is 6.77. The Labute approximate surface area is 110 Å². The third-order valence-electron chi connectivity index (χ3n) is 2.97. The number of nitrogens with one attached hydrogen (secondary N) is 1. The predicted octanol–water partition coefficient (Wildman–Crippen LogP) is 3.02. The maximum atomic E-state index is 5.62. The van der Waals surface area contributed by atoms with Crippen molar-refractivity contribution in [2.75, 3.05) is 20.3 Å². The molecule has 0 spiro atoms. The lowest BCUT2D eigenvalue weighted by Crippen LogP contribution is -2.21. The molecule has 0 aliphatic heterocycles. The van der Waals surface area contributed by atoms with Gasteiger partial charge in [0.05, 0.1) is 13.2 Å². The molecule has 1 aromatic rings. The SMILES string of the molecule is CCOc1ccc(CCC(C)NC)cc1OCC. The molecule has 0 bridgehead atoms. The summed E-state index contributed by atoms with van der Waals surface area (Å²) in [5.41, 5.74) is 1.30. The van der Waals surface area contributed by atoms with Gasteiger partial charge in [0.25, 0.3) is 0 Å². The Morgan fingerprint density at radius 2 is 1.78 bits per heavy atom. The van der Waals surface area contributed by atoms with Gasteiger partial charge in [-0.1, -0.05) is 6.07 Å². The lowest BCUT2D eigenvalue weighted by molar-refractivity contribution is 0.287. The van der Waals surface area contributed by atoms with E-state index in [1.54, 1.807) is 0 Å². The molecule has 0 heterocycles. The Bertz CT molecular complexity index is 352. The van der Waals surface area contributed by atoms with Gasteiger partial charge in [0, 0.05) is 6.04 Å². The van der Waals surface area contributed by atoms with Gasteiger partial charge in [-0.2, -0.15) is 0 Å². The van der Waals surface area contributed by atoms with Crippen LogP contribution in [0.3, 0.4) is 0 Å². The van der Waals surface area contributed by atoms with E-state index in [2.05, 4.69) is 24.4 Å². The minimum atomic E-state index is 0.534. The summed E-state index contributed by atoms with van der Waals surface area (Å²) in [6.07, 6.45) is 2.17. The summed E-state index contributed by atoms with van der Waals surface area (Å²) in [5.74, 6) is 1.69. The first-order chi connectivity index (χ1) is 8.71. The molecule has 0 aliphatic carbocycles. The molecule has 0 aliphatic rings. The van der Waals surface area contributed by atoms with E-state index in [-0.39, 0.29) is 0 Å². The third-order valence-corrected chi connectivity index (χ3v) is 2.97. The van der Waals surface area contributed by atoms with Crippen molar-refractivity contribution in [3.8, 4) is 11.5 Å². The highest BCUT2D eigenvalue weighted by Crippen LogP contribution is 2.29. The van der Waals surface area contributed by atoms with Gasteiger partial charge in [0.1, 0.15) is 0 Å². The van der Waals surface area contributed by atoms with Crippen molar-refractivity contribution >= 4 is 0 Å². The molecular formula is C15H25NO2. The molecule has 1 unspecified atom stereocenters. The number of rotatable bonds is 8. The van der Waals surface area contributed by atoms with Gasteiger partial charge in [0.15, 0.2) is 11.5 Å². The first kappa shape index (κ1) is 14.8. The summed E-state index contributed by atoms with van der Waals surface area (Å²) in [4.78, 5) is 0. The van der Waals surface area contributed by atoms with Crippen LogP contribution in [-0.2, 0) is 6.42 Å². The van der Waals surface area contributed by atoms with Crippen LogP contribution in [0.15, 0.2) is 18.2 Å². The molecule has 1 rings (SSSR count). The highest BCUT2D eigenvalue weighted by molar-refractivity contribution is 5.43. The molecule has 0 saturated heterocycles. The number of benzene rings is 1. The number of aryl methyl sites for hydroxylation is 1. The summed E-state index contributed by atoms with van der Waals surface area (Å²) in [5, 5.41) is 3.25. The van der Waals surface area contributed by atoms with E-state index in [9.17, 15) is 0 Å². The van der Waals surface area contributed by atoms with Crippen LogP contribution in [0, 0.1) is 0 Å². The molecule has 0 saturated carbocycles. The third kappa shape index (κ3) is 4.57. The molecule has 3 heteroatoms. The average Bonchev–Trinajstić information content (AvgIpc) is 2.39. The van der Waals surface area contributed by atoms with Crippen LogP contribution >= 0.6 is 0 Å². The molecule has 102 valence electrons. The number of hydrogen-bond donors (Lipinski definition) is 1. The summed E-state index contributed by atoms with van der Waals surface area (Å²) >= 11 is 0. The Morgan fingerprint density at radius 1 is 1.11 bits per heavy atom. The zero-order valence-electron chi connectivity index (χ0n) is 12.0. The quantitative estimate of drug-likeness (QED) is 0.770. The fraction of sp³-hybridized carbons (Fsp3) is 0.600. The molecule has 0 radical (unpaired) electrons. The largest absolute Gasteiger partial charge is 0.490 e. The second-order valence-electron chi connectivity index (χ2n) is 4.38. The van der Waals surface area contributed by atoms with E-state index in [0.29, 0.717) is 19.3 Å². The van der Waals surface area contributed by atoms with E-state index >= 15 is 0 Å². The smallest absolute Gasteiger partial charge is 0.161 e. The van der Waals surface area contributed by atoms with Crippen LogP contribution in [-0.4, -0.2) is 26.3 Å². The van der Waals surface area contributed by atoms with Crippen molar-refractivity contribution in [2.45, 2.75) is 39.7 Å². The standard InChI is InChI=1S/C15H25NO2/c1-5-17-14-10-9-13(8-7-12(3)16-4)11-15(14)18-6-2/h9-12,16H,5-8H2,1-4H3. The fourth-order valence-electron chi connectivity index (χ4n) is 1.78. The molecular weight excluding hydrogens is 226 g/mol. The predicted molar refractivity (Wildman–Crippen MR) is 75.6 cm³/mol. The Balaban J connectivity index is 2.72. The summed E-state index contributed by atoms with van der Waals surface area (Å²) in [6, 6.07) is 6.76. The fourth-order valence-corrected chi connectivity index (χ4v) is 1.78. The van der Waals surface area contributed by atoms with Crippen molar-refractivity contribution in [1.29, 1.82) is 0 Å². The Kier molecular flexibility index (Phi) is 6.58. The van der Waals surface area contributed by atoms with Crippen LogP contribution in [0.4, 0.5) is 0 Å². The van der Waals surface area contributed by atoms with E-state index in [0.717, 1.165) is 24.3 Å². The van der Waals surface area contributed by atoms with E-state index in [1.807, 2.05) is 27.0 Å². The molecule has 0 aromatic heterocycles. The van der Waals surface area contributed by atoms with Gasteiger partial charge in [-0.25, -0.2) is 0 Å². The van der Waals surface area contributed by atoms with E-state index in [1.165, 1.54) is 5.56 Å². The minimum absolute atomic E-state index is 0.534. The molecule has 1 aromatic carbocycles. The van der Waals surface area contributed by atoms with Gasteiger partial charge in [-0.15, -0.1) is 0 Å². The normalized spacial score (nSPS) is 12.2. The van der Waals surface area contributed by atoms with E-state index < -0.39 is 0 Å². The molecule has 3 nitrogen and oxygen atoms in total. The second kappa shape index (κ2) is 7.98. The topological polar surface area (TPSA) is 30.5 Å². The zero-order chi connectivity index (χ0) is 13.4. The van der Waals surface area contributed by atoms with E-state index in [4.69, 9.17) is 9.47 Å². The first-order valence-corrected chi connectivity index (χ1v) is 6.77. The molecule has 0 amide bonds. The van der Waals surface area contributed by atoms with Crippen molar-refractivity contribution in [3.05, 3.63) is 23.8 Å². The van der Waals surface area contributed by atoms with Crippen LogP contribution in [0.5, 0.6) is 11.5 Å². The maximum Gasteiger partial charge on any atom is 0.161 e. The second-order valence-corrected chi connectivity index (χ2v) is 4.38. The number of hydrogen-bond acceptors (Lipinski definition) is 3. The highest BCUT2D eigenvalue weighted by atomic mass is 16.5. The van der Waals surface area contributed by atoms with Crippen molar-refractivity contribution in [3.63, 3.8) is 0 Å². The molecule has 0 fully saturated rings. The summed E-state index contributed by atoms with van der Waals surface area (Å²) < 4.78 is 11.2. The monoisotopic (exact) mass is 251 g/mol. The van der Waals surface area contributed by atoms with Crippen LogP contribution in [0.25, 0.3) is 0 Å². The van der Waals surface area contributed by atoms with Gasteiger partial charge < -0.3 is 14.8 Å². The van der Waals surface area contributed by atoms with Crippen LogP contribution in [0.1, 0.15) is 32.8 Å². The van der Waals surface area contributed by atoms with Gasteiger partial charge in [-0.05, 0) is 58.4 Å². The van der Waals surface area contributed by atoms with Gasteiger partial charge in [0.2, 0.25) is 0 Å². The molecule has 1 atom stereocenters. The summed E-state index contributed by atoms with van der Waals surface area (Å²) in [7, 11) is 1.99. The van der Waals surface area contributed by atoms with Crippen molar-refractivity contribution < 1.29 is 9.47 Å². The van der Waals surface area contributed by atoms with Crippen LogP contribution < -0.4 is 14.8 Å².